The van der Waals surface area contributed by atoms with Gasteiger partial charge in [0.1, 0.15) is 6.04 Å². The summed E-state index contributed by atoms with van der Waals surface area (Å²) in [5.74, 6) is 0.199. The van der Waals surface area contributed by atoms with Gasteiger partial charge in [-0.05, 0) is 48.7 Å². The molecule has 0 saturated carbocycles. The molecule has 0 bridgehead atoms. The summed E-state index contributed by atoms with van der Waals surface area (Å²) in [5, 5.41) is 5.97. The maximum absolute atomic E-state index is 12.8. The minimum absolute atomic E-state index is 0.159. The fraction of sp³-hybridized carbons (Fsp3) is 0.409. The fourth-order valence-corrected chi connectivity index (χ4v) is 4.66. The van der Waals surface area contributed by atoms with E-state index in [1.165, 1.54) is 15.9 Å². The molecule has 1 atom stereocenters. The Morgan fingerprint density at radius 1 is 1.00 bits per heavy atom. The van der Waals surface area contributed by atoms with Crippen LogP contribution < -0.4 is 10.6 Å². The molecule has 30 heavy (non-hydrogen) atoms. The molecule has 0 aromatic heterocycles. The van der Waals surface area contributed by atoms with Gasteiger partial charge in [-0.1, -0.05) is 32.0 Å². The molecule has 2 N–H and O–H groups in total. The van der Waals surface area contributed by atoms with Crippen molar-refractivity contribution >= 4 is 27.3 Å². The predicted molar refractivity (Wildman–Crippen MR) is 118 cm³/mol. The Morgan fingerprint density at radius 2 is 1.67 bits per heavy atom. The van der Waals surface area contributed by atoms with Gasteiger partial charge >= 0.3 is 0 Å². The van der Waals surface area contributed by atoms with Crippen molar-refractivity contribution in [2.75, 3.05) is 36.9 Å². The average molecular weight is 432 g/mol. The summed E-state index contributed by atoms with van der Waals surface area (Å²) in [5.41, 5.74) is 2.53. The van der Waals surface area contributed by atoms with Gasteiger partial charge in [0.25, 0.3) is 0 Å². The third-order valence-electron chi connectivity index (χ3n) is 5.06. The smallest absolute Gasteiger partial charge is 0.246 e. The minimum Gasteiger partial charge on any atom is -0.379 e. The topological polar surface area (TPSA) is 87.7 Å². The molecule has 1 aliphatic heterocycles. The van der Waals surface area contributed by atoms with Crippen LogP contribution in [0.4, 0.5) is 11.4 Å². The van der Waals surface area contributed by atoms with Crippen LogP contribution in [-0.4, -0.2) is 51.0 Å². The normalized spacial score (nSPS) is 16.3. The highest BCUT2D eigenvalue weighted by molar-refractivity contribution is 7.89. The predicted octanol–water partition coefficient (Wildman–Crippen LogP) is 3.27. The van der Waals surface area contributed by atoms with E-state index in [4.69, 9.17) is 4.74 Å². The van der Waals surface area contributed by atoms with Crippen LogP contribution in [0.3, 0.4) is 0 Å². The van der Waals surface area contributed by atoms with Gasteiger partial charge in [-0.25, -0.2) is 8.42 Å². The number of benzene rings is 2. The number of amides is 1. The number of nitrogens with zero attached hydrogens (tertiary/aromatic N) is 1. The zero-order valence-corrected chi connectivity index (χ0v) is 18.4. The lowest BCUT2D eigenvalue weighted by atomic mass is 10.0. The van der Waals surface area contributed by atoms with E-state index in [1.807, 2.05) is 24.3 Å². The Hall–Kier alpha value is -2.42. The van der Waals surface area contributed by atoms with Gasteiger partial charge < -0.3 is 15.4 Å². The molecule has 1 unspecified atom stereocenters. The summed E-state index contributed by atoms with van der Waals surface area (Å²) in [6.07, 6.45) is 0. The molecule has 162 valence electrons. The second-order valence-corrected chi connectivity index (χ2v) is 9.61. The van der Waals surface area contributed by atoms with E-state index in [-0.39, 0.29) is 10.8 Å². The van der Waals surface area contributed by atoms with Crippen molar-refractivity contribution in [2.24, 2.45) is 0 Å². The first-order valence-electron chi connectivity index (χ1n) is 10.1. The number of carbonyl (C=O) groups excluding carboxylic acids is 1. The zero-order valence-electron chi connectivity index (χ0n) is 17.6. The molecule has 2 aromatic rings. The van der Waals surface area contributed by atoms with Gasteiger partial charge in [0, 0.05) is 24.5 Å². The summed E-state index contributed by atoms with van der Waals surface area (Å²) < 4.78 is 32.3. The second kappa shape index (κ2) is 9.59. The number of rotatable bonds is 7. The number of sulfonamides is 1. The average Bonchev–Trinajstić information content (AvgIpc) is 2.75. The monoisotopic (exact) mass is 431 g/mol. The molecule has 1 aliphatic rings. The Bertz CT molecular complexity index is 968. The fourth-order valence-electron chi connectivity index (χ4n) is 3.20. The molecule has 2 aromatic carbocycles. The van der Waals surface area contributed by atoms with E-state index in [1.54, 1.807) is 25.1 Å². The Labute approximate surface area is 178 Å². The Kier molecular flexibility index (Phi) is 7.12. The third kappa shape index (κ3) is 5.38. The second-order valence-electron chi connectivity index (χ2n) is 7.68. The van der Waals surface area contributed by atoms with Gasteiger partial charge in [0.05, 0.1) is 18.1 Å². The summed E-state index contributed by atoms with van der Waals surface area (Å²) in [4.78, 5) is 12.8. The molecule has 1 saturated heterocycles. The van der Waals surface area contributed by atoms with Crippen LogP contribution in [0.5, 0.6) is 0 Å². The van der Waals surface area contributed by atoms with Crippen molar-refractivity contribution in [3.8, 4) is 0 Å². The van der Waals surface area contributed by atoms with Gasteiger partial charge in [0.2, 0.25) is 15.9 Å². The minimum atomic E-state index is -3.61. The molecule has 0 radical (unpaired) electrons. The van der Waals surface area contributed by atoms with Gasteiger partial charge in [-0.2, -0.15) is 4.31 Å². The molecule has 1 amide bonds. The van der Waals surface area contributed by atoms with E-state index in [2.05, 4.69) is 24.5 Å². The number of nitrogens with one attached hydrogen (secondary N) is 2. The van der Waals surface area contributed by atoms with Crippen LogP contribution in [0.1, 0.15) is 32.3 Å². The highest BCUT2D eigenvalue weighted by Crippen LogP contribution is 2.21. The van der Waals surface area contributed by atoms with Crippen molar-refractivity contribution in [3.63, 3.8) is 0 Å². The number of carbonyl (C=O) groups is 1. The molecule has 7 nitrogen and oxygen atoms in total. The first kappa shape index (κ1) is 22.3. The first-order valence-corrected chi connectivity index (χ1v) is 11.6. The summed E-state index contributed by atoms with van der Waals surface area (Å²) in [6, 6.07) is 13.8. The SMILES string of the molecule is CC(Nc1ccc(C(C)C)cc1)C(=O)Nc1cccc(S(=O)(=O)N2CCOCC2)c1. The zero-order chi connectivity index (χ0) is 21.7. The molecular weight excluding hydrogens is 402 g/mol. The largest absolute Gasteiger partial charge is 0.379 e. The number of morpholine rings is 1. The highest BCUT2D eigenvalue weighted by Gasteiger charge is 2.26. The lowest BCUT2D eigenvalue weighted by Gasteiger charge is -2.26. The van der Waals surface area contributed by atoms with Crippen molar-refractivity contribution in [3.05, 3.63) is 54.1 Å². The lowest BCUT2D eigenvalue weighted by molar-refractivity contribution is -0.116. The number of anilines is 2. The Balaban J connectivity index is 1.65. The van der Waals surface area contributed by atoms with E-state index in [9.17, 15) is 13.2 Å². The maximum Gasteiger partial charge on any atom is 0.246 e. The van der Waals surface area contributed by atoms with Crippen LogP contribution >= 0.6 is 0 Å². The van der Waals surface area contributed by atoms with Crippen LogP contribution in [0.2, 0.25) is 0 Å². The maximum atomic E-state index is 12.8. The number of hydrogen-bond donors (Lipinski definition) is 2. The van der Waals surface area contributed by atoms with Crippen LogP contribution in [0, 0.1) is 0 Å². The van der Waals surface area contributed by atoms with Crippen molar-refractivity contribution in [1.29, 1.82) is 0 Å². The highest BCUT2D eigenvalue weighted by atomic mass is 32.2. The van der Waals surface area contributed by atoms with E-state index < -0.39 is 16.1 Å². The van der Waals surface area contributed by atoms with Crippen LogP contribution in [-0.2, 0) is 19.6 Å². The third-order valence-corrected chi connectivity index (χ3v) is 6.96. The molecule has 8 heteroatoms. The number of hydrogen-bond acceptors (Lipinski definition) is 5. The lowest BCUT2D eigenvalue weighted by Crippen LogP contribution is -2.40. The van der Waals surface area contributed by atoms with E-state index in [0.717, 1.165) is 5.69 Å². The number of ether oxygens (including phenoxy) is 1. The molecule has 1 fully saturated rings. The van der Waals surface area contributed by atoms with Crippen molar-refractivity contribution in [2.45, 2.75) is 37.6 Å². The van der Waals surface area contributed by atoms with Crippen LogP contribution in [0.15, 0.2) is 53.4 Å². The standard InChI is InChI=1S/C22H29N3O4S/c1-16(2)18-7-9-19(10-8-18)23-17(3)22(26)24-20-5-4-6-21(15-20)30(27,28)25-11-13-29-14-12-25/h4-10,15-17,23H,11-14H2,1-3H3,(H,24,26). The van der Waals surface area contributed by atoms with E-state index in [0.29, 0.717) is 37.9 Å². The molecule has 1 heterocycles. The van der Waals surface area contributed by atoms with Crippen molar-refractivity contribution < 1.29 is 17.9 Å². The summed E-state index contributed by atoms with van der Waals surface area (Å²) in [7, 11) is -3.61. The first-order chi connectivity index (χ1) is 14.3. The van der Waals surface area contributed by atoms with Crippen LogP contribution in [0.25, 0.3) is 0 Å². The van der Waals surface area contributed by atoms with Gasteiger partial charge in [-0.3, -0.25) is 4.79 Å². The van der Waals surface area contributed by atoms with Gasteiger partial charge in [0.15, 0.2) is 0 Å². The van der Waals surface area contributed by atoms with Gasteiger partial charge in [-0.15, -0.1) is 0 Å². The molecular formula is C22H29N3O4S. The molecule has 0 aliphatic carbocycles. The molecule has 0 spiro atoms. The van der Waals surface area contributed by atoms with Crippen molar-refractivity contribution in [1.82, 2.24) is 4.31 Å². The Morgan fingerprint density at radius 3 is 2.30 bits per heavy atom. The summed E-state index contributed by atoms with van der Waals surface area (Å²) >= 11 is 0. The summed E-state index contributed by atoms with van der Waals surface area (Å²) in [6.45, 7) is 7.46. The van der Waals surface area contributed by atoms with E-state index >= 15 is 0 Å². The quantitative estimate of drug-likeness (QED) is 0.703. The molecule has 3 rings (SSSR count).